The van der Waals surface area contributed by atoms with Crippen molar-refractivity contribution in [3.63, 3.8) is 0 Å². The van der Waals surface area contributed by atoms with Crippen LogP contribution in [-0.2, 0) is 6.54 Å². The van der Waals surface area contributed by atoms with E-state index < -0.39 is 0 Å². The molecule has 4 heteroatoms. The second-order valence-electron chi connectivity index (χ2n) is 4.83. The molecule has 0 saturated carbocycles. The topological polar surface area (TPSA) is 46.9 Å². The number of rotatable bonds is 5. The van der Waals surface area contributed by atoms with E-state index in [4.69, 9.17) is 0 Å². The summed E-state index contributed by atoms with van der Waals surface area (Å²) in [6.07, 6.45) is 4.57. The number of nitrogens with one attached hydrogen (secondary N) is 1. The number of ketones is 1. The van der Waals surface area contributed by atoms with Crippen LogP contribution >= 0.6 is 0 Å². The highest BCUT2D eigenvalue weighted by atomic mass is 16.1. The molecule has 1 atom stereocenters. The van der Waals surface area contributed by atoms with Crippen LogP contribution in [0.2, 0.25) is 0 Å². The van der Waals surface area contributed by atoms with Gasteiger partial charge in [-0.3, -0.25) is 9.48 Å². The van der Waals surface area contributed by atoms with Gasteiger partial charge in [-0.25, -0.2) is 0 Å². The normalized spacial score (nSPS) is 24.1. The highest BCUT2D eigenvalue weighted by Gasteiger charge is 2.40. The first-order valence-electron chi connectivity index (χ1n) is 6.51. The molecule has 17 heavy (non-hydrogen) atoms. The minimum Gasteiger partial charge on any atom is -0.316 e. The highest BCUT2D eigenvalue weighted by molar-refractivity contribution is 5.99. The van der Waals surface area contributed by atoms with E-state index in [-0.39, 0.29) is 11.2 Å². The van der Waals surface area contributed by atoms with Crippen LogP contribution in [0.25, 0.3) is 0 Å². The van der Waals surface area contributed by atoms with Gasteiger partial charge < -0.3 is 5.32 Å². The van der Waals surface area contributed by atoms with Gasteiger partial charge >= 0.3 is 0 Å². The van der Waals surface area contributed by atoms with Gasteiger partial charge in [0.15, 0.2) is 5.78 Å². The smallest absolute Gasteiger partial charge is 0.188 e. The lowest BCUT2D eigenvalue weighted by molar-refractivity contribution is 0.0798. The second kappa shape index (κ2) is 5.00. The molecule has 1 aliphatic rings. The number of aromatic nitrogens is 2. The maximum absolute atomic E-state index is 12.7. The van der Waals surface area contributed by atoms with E-state index in [9.17, 15) is 4.79 Å². The molecule has 1 saturated heterocycles. The number of hydrogen-bond donors (Lipinski definition) is 1. The molecule has 0 radical (unpaired) electrons. The zero-order valence-corrected chi connectivity index (χ0v) is 10.7. The molecule has 0 amide bonds. The maximum Gasteiger partial charge on any atom is 0.188 e. The molecule has 1 unspecified atom stereocenters. The van der Waals surface area contributed by atoms with Gasteiger partial charge in [0.25, 0.3) is 0 Å². The fourth-order valence-corrected chi connectivity index (χ4v) is 2.59. The Balaban J connectivity index is 2.26. The molecule has 1 aromatic rings. The summed E-state index contributed by atoms with van der Waals surface area (Å²) in [6, 6.07) is 1.85. The van der Waals surface area contributed by atoms with Gasteiger partial charge in [0.1, 0.15) is 5.69 Å². The van der Waals surface area contributed by atoms with Gasteiger partial charge in [-0.1, -0.05) is 13.8 Å². The minimum absolute atomic E-state index is 0.203. The Hall–Kier alpha value is -1.16. The summed E-state index contributed by atoms with van der Waals surface area (Å²) in [7, 11) is 0. The van der Waals surface area contributed by atoms with Crippen LogP contribution in [0.15, 0.2) is 12.3 Å². The lowest BCUT2D eigenvalue weighted by Crippen LogP contribution is -2.34. The van der Waals surface area contributed by atoms with Gasteiger partial charge in [0.2, 0.25) is 0 Å². The third-order valence-corrected chi connectivity index (χ3v) is 3.79. The molecule has 1 N–H and O–H groups in total. The number of aryl methyl sites for hydroxylation is 1. The largest absolute Gasteiger partial charge is 0.316 e. The number of carbonyl (C=O) groups is 1. The monoisotopic (exact) mass is 235 g/mol. The molecule has 1 fully saturated rings. The summed E-state index contributed by atoms with van der Waals surface area (Å²) < 4.78 is 1.85. The third kappa shape index (κ3) is 2.14. The van der Waals surface area contributed by atoms with Crippen molar-refractivity contribution in [3.05, 3.63) is 18.0 Å². The van der Waals surface area contributed by atoms with E-state index in [2.05, 4.69) is 24.3 Å². The van der Waals surface area contributed by atoms with Crippen molar-refractivity contribution < 1.29 is 4.79 Å². The summed E-state index contributed by atoms with van der Waals surface area (Å²) in [5.41, 5.74) is 0.573. The van der Waals surface area contributed by atoms with E-state index in [0.717, 1.165) is 44.6 Å². The van der Waals surface area contributed by atoms with Crippen molar-refractivity contribution in [2.45, 2.75) is 39.7 Å². The molecular formula is C13H21N3O. The molecule has 94 valence electrons. The molecule has 0 spiro atoms. The van der Waals surface area contributed by atoms with E-state index in [1.54, 1.807) is 6.20 Å². The molecule has 4 nitrogen and oxygen atoms in total. The van der Waals surface area contributed by atoms with Crippen LogP contribution in [0.4, 0.5) is 0 Å². The van der Waals surface area contributed by atoms with Crippen LogP contribution < -0.4 is 5.32 Å². The van der Waals surface area contributed by atoms with Crippen LogP contribution in [-0.4, -0.2) is 28.7 Å². The Bertz CT molecular complexity index is 391. The molecule has 2 heterocycles. The van der Waals surface area contributed by atoms with Crippen molar-refractivity contribution in [1.29, 1.82) is 0 Å². The van der Waals surface area contributed by atoms with Crippen molar-refractivity contribution in [1.82, 2.24) is 15.1 Å². The fraction of sp³-hybridized carbons (Fsp3) is 0.692. The van der Waals surface area contributed by atoms with Crippen LogP contribution in [0.3, 0.4) is 0 Å². The quantitative estimate of drug-likeness (QED) is 0.792. The molecule has 2 rings (SSSR count). The summed E-state index contributed by atoms with van der Waals surface area (Å²) in [6.45, 7) is 6.77. The first-order chi connectivity index (χ1) is 8.23. The van der Waals surface area contributed by atoms with Crippen molar-refractivity contribution in [2.24, 2.45) is 5.41 Å². The SMILES string of the molecule is CCCn1nccc1C(=O)C1(CC)CCNC1. The van der Waals surface area contributed by atoms with Crippen molar-refractivity contribution in [2.75, 3.05) is 13.1 Å². The van der Waals surface area contributed by atoms with E-state index >= 15 is 0 Å². The first-order valence-corrected chi connectivity index (χ1v) is 6.51. The predicted octanol–water partition coefficient (Wildman–Crippen LogP) is 1.87. The number of carbonyl (C=O) groups excluding carboxylic acids is 1. The Labute approximate surface area is 102 Å². The predicted molar refractivity (Wildman–Crippen MR) is 67.1 cm³/mol. The maximum atomic E-state index is 12.7. The zero-order valence-electron chi connectivity index (χ0n) is 10.7. The Morgan fingerprint density at radius 1 is 1.59 bits per heavy atom. The van der Waals surface area contributed by atoms with E-state index in [0.29, 0.717) is 0 Å². The van der Waals surface area contributed by atoms with Crippen LogP contribution in [0.5, 0.6) is 0 Å². The Kier molecular flexibility index (Phi) is 3.62. The van der Waals surface area contributed by atoms with Gasteiger partial charge in [0, 0.05) is 24.7 Å². The van der Waals surface area contributed by atoms with Gasteiger partial charge in [-0.15, -0.1) is 0 Å². The number of hydrogen-bond acceptors (Lipinski definition) is 3. The fourth-order valence-electron chi connectivity index (χ4n) is 2.59. The van der Waals surface area contributed by atoms with Crippen LogP contribution in [0, 0.1) is 5.41 Å². The summed E-state index contributed by atoms with van der Waals surface area (Å²) in [4.78, 5) is 12.7. The van der Waals surface area contributed by atoms with Gasteiger partial charge in [-0.2, -0.15) is 5.10 Å². The average molecular weight is 235 g/mol. The van der Waals surface area contributed by atoms with Crippen molar-refractivity contribution in [3.8, 4) is 0 Å². The summed E-state index contributed by atoms with van der Waals surface area (Å²) in [5, 5.41) is 7.55. The second-order valence-corrected chi connectivity index (χ2v) is 4.83. The molecule has 0 aliphatic carbocycles. The average Bonchev–Trinajstić information content (AvgIpc) is 2.97. The van der Waals surface area contributed by atoms with Gasteiger partial charge in [0.05, 0.1) is 0 Å². The zero-order chi connectivity index (χ0) is 12.3. The first kappa shape index (κ1) is 12.3. The third-order valence-electron chi connectivity index (χ3n) is 3.79. The summed E-state index contributed by atoms with van der Waals surface area (Å²) in [5.74, 6) is 0.260. The number of Topliss-reactive ketones (excluding diaryl/α,β-unsaturated/α-hetero) is 1. The Morgan fingerprint density at radius 2 is 2.41 bits per heavy atom. The number of nitrogens with zero attached hydrogens (tertiary/aromatic N) is 2. The van der Waals surface area contributed by atoms with Crippen molar-refractivity contribution >= 4 is 5.78 Å². The molecule has 0 aromatic carbocycles. The van der Waals surface area contributed by atoms with E-state index in [1.807, 2.05) is 10.7 Å². The molecular weight excluding hydrogens is 214 g/mol. The minimum atomic E-state index is -0.203. The lowest BCUT2D eigenvalue weighted by atomic mass is 9.78. The highest BCUT2D eigenvalue weighted by Crippen LogP contribution is 2.33. The standard InChI is InChI=1S/C13H21N3O/c1-3-9-16-11(5-7-15-16)12(17)13(4-2)6-8-14-10-13/h5,7,14H,3-4,6,8-10H2,1-2H3. The molecule has 0 bridgehead atoms. The van der Waals surface area contributed by atoms with E-state index in [1.165, 1.54) is 0 Å². The summed E-state index contributed by atoms with van der Waals surface area (Å²) >= 11 is 0. The Morgan fingerprint density at radius 3 is 3.00 bits per heavy atom. The lowest BCUT2D eigenvalue weighted by Gasteiger charge is -2.25. The van der Waals surface area contributed by atoms with Gasteiger partial charge in [-0.05, 0) is 31.9 Å². The molecule has 1 aliphatic heterocycles. The van der Waals surface area contributed by atoms with Crippen LogP contribution in [0.1, 0.15) is 43.6 Å². The molecule has 1 aromatic heterocycles.